The molecule has 0 spiro atoms. The van der Waals surface area contributed by atoms with Crippen molar-refractivity contribution in [2.75, 3.05) is 0 Å². The van der Waals surface area contributed by atoms with Crippen molar-refractivity contribution in [2.24, 2.45) is 0 Å². The number of hydrogen-bond donors (Lipinski definition) is 2. The standard InChI is InChI=1S/C16H23N3O/c1-3-16-17-7-8-19(16)11-13(2)18-10-14-5-4-6-15(9-14)12-20/h4-9,13,18,20H,3,10-12H2,1-2H3/t13-/m0/s1. The summed E-state index contributed by atoms with van der Waals surface area (Å²) in [5.74, 6) is 1.13. The van der Waals surface area contributed by atoms with Crippen LogP contribution >= 0.6 is 0 Å². The second-order valence-electron chi connectivity index (χ2n) is 5.11. The molecule has 1 atom stereocenters. The molecule has 0 unspecified atom stereocenters. The number of imidazole rings is 1. The van der Waals surface area contributed by atoms with Gasteiger partial charge < -0.3 is 15.0 Å². The zero-order chi connectivity index (χ0) is 14.4. The van der Waals surface area contributed by atoms with Crippen molar-refractivity contribution >= 4 is 0 Å². The minimum absolute atomic E-state index is 0.0955. The minimum atomic E-state index is 0.0955. The zero-order valence-corrected chi connectivity index (χ0v) is 12.2. The Kier molecular flexibility index (Phi) is 5.32. The van der Waals surface area contributed by atoms with E-state index in [9.17, 15) is 0 Å². The molecule has 0 aliphatic carbocycles. The van der Waals surface area contributed by atoms with Crippen LogP contribution in [0.4, 0.5) is 0 Å². The molecule has 20 heavy (non-hydrogen) atoms. The van der Waals surface area contributed by atoms with E-state index < -0.39 is 0 Å². The Morgan fingerprint density at radius 1 is 1.35 bits per heavy atom. The van der Waals surface area contributed by atoms with E-state index in [1.54, 1.807) is 0 Å². The van der Waals surface area contributed by atoms with Gasteiger partial charge >= 0.3 is 0 Å². The van der Waals surface area contributed by atoms with Crippen LogP contribution in [0.15, 0.2) is 36.7 Å². The van der Waals surface area contributed by atoms with Crippen LogP contribution in [0.25, 0.3) is 0 Å². The Morgan fingerprint density at radius 3 is 2.90 bits per heavy atom. The summed E-state index contributed by atoms with van der Waals surface area (Å²) in [6.45, 7) is 6.12. The van der Waals surface area contributed by atoms with Crippen LogP contribution in [0.2, 0.25) is 0 Å². The van der Waals surface area contributed by atoms with Crippen molar-refractivity contribution in [3.05, 3.63) is 53.6 Å². The monoisotopic (exact) mass is 273 g/mol. The Morgan fingerprint density at radius 2 is 2.15 bits per heavy atom. The van der Waals surface area contributed by atoms with Gasteiger partial charge in [-0.3, -0.25) is 0 Å². The molecule has 2 aromatic rings. The lowest BCUT2D eigenvalue weighted by atomic mass is 10.1. The molecule has 1 aromatic heterocycles. The number of nitrogens with zero attached hydrogens (tertiary/aromatic N) is 2. The molecule has 0 amide bonds. The van der Waals surface area contributed by atoms with E-state index in [1.165, 1.54) is 5.56 Å². The van der Waals surface area contributed by atoms with Crippen molar-refractivity contribution in [1.82, 2.24) is 14.9 Å². The van der Waals surface area contributed by atoms with Gasteiger partial charge in [0, 0.05) is 37.9 Å². The van der Waals surface area contributed by atoms with Gasteiger partial charge in [0.25, 0.3) is 0 Å². The Balaban J connectivity index is 1.87. The van der Waals surface area contributed by atoms with Gasteiger partial charge in [-0.05, 0) is 18.1 Å². The first-order chi connectivity index (χ1) is 9.72. The van der Waals surface area contributed by atoms with Crippen molar-refractivity contribution < 1.29 is 5.11 Å². The molecule has 108 valence electrons. The number of aliphatic hydroxyl groups excluding tert-OH is 1. The SMILES string of the molecule is CCc1nccn1C[C@H](C)NCc1cccc(CO)c1. The second-order valence-corrected chi connectivity index (χ2v) is 5.11. The molecule has 0 bridgehead atoms. The van der Waals surface area contributed by atoms with Crippen molar-refractivity contribution in [1.29, 1.82) is 0 Å². The molecule has 0 aliphatic rings. The fraction of sp³-hybridized carbons (Fsp3) is 0.438. The first kappa shape index (κ1) is 14.8. The van der Waals surface area contributed by atoms with Gasteiger partial charge in [0.2, 0.25) is 0 Å². The van der Waals surface area contributed by atoms with Gasteiger partial charge in [0.15, 0.2) is 0 Å². The molecular formula is C16H23N3O. The van der Waals surface area contributed by atoms with E-state index in [-0.39, 0.29) is 6.61 Å². The quantitative estimate of drug-likeness (QED) is 0.812. The van der Waals surface area contributed by atoms with Crippen molar-refractivity contribution in [3.63, 3.8) is 0 Å². The molecule has 2 N–H and O–H groups in total. The second kappa shape index (κ2) is 7.22. The van der Waals surface area contributed by atoms with E-state index in [0.29, 0.717) is 6.04 Å². The molecule has 0 fully saturated rings. The summed E-state index contributed by atoms with van der Waals surface area (Å²) >= 11 is 0. The molecule has 1 aromatic carbocycles. The number of benzene rings is 1. The lowest BCUT2D eigenvalue weighted by Crippen LogP contribution is -2.30. The van der Waals surface area contributed by atoms with Crippen LogP contribution in [-0.4, -0.2) is 20.7 Å². The Hall–Kier alpha value is -1.65. The number of rotatable bonds is 7. The van der Waals surface area contributed by atoms with Crippen LogP contribution in [0.5, 0.6) is 0 Å². The van der Waals surface area contributed by atoms with Gasteiger partial charge in [0.05, 0.1) is 6.61 Å². The van der Waals surface area contributed by atoms with Gasteiger partial charge in [-0.2, -0.15) is 0 Å². The van der Waals surface area contributed by atoms with E-state index in [1.807, 2.05) is 30.6 Å². The number of hydrogen-bond acceptors (Lipinski definition) is 3. The fourth-order valence-electron chi connectivity index (χ4n) is 2.31. The lowest BCUT2D eigenvalue weighted by Gasteiger charge is -2.16. The maximum atomic E-state index is 9.14. The maximum Gasteiger partial charge on any atom is 0.108 e. The largest absolute Gasteiger partial charge is 0.392 e. The number of aromatic nitrogens is 2. The minimum Gasteiger partial charge on any atom is -0.392 e. The van der Waals surface area contributed by atoms with E-state index in [4.69, 9.17) is 5.11 Å². The molecule has 0 radical (unpaired) electrons. The summed E-state index contributed by atoms with van der Waals surface area (Å²) in [7, 11) is 0. The van der Waals surface area contributed by atoms with Crippen molar-refractivity contribution in [2.45, 2.75) is 46.0 Å². The maximum absolute atomic E-state index is 9.14. The summed E-state index contributed by atoms with van der Waals surface area (Å²) in [6.07, 6.45) is 4.85. The highest BCUT2D eigenvalue weighted by atomic mass is 16.3. The fourth-order valence-corrected chi connectivity index (χ4v) is 2.31. The van der Waals surface area contributed by atoms with Gasteiger partial charge in [-0.1, -0.05) is 31.2 Å². The number of aliphatic hydroxyl groups is 1. The molecule has 4 heteroatoms. The molecule has 4 nitrogen and oxygen atoms in total. The first-order valence-corrected chi connectivity index (χ1v) is 7.15. The summed E-state index contributed by atoms with van der Waals surface area (Å²) in [4.78, 5) is 4.34. The zero-order valence-electron chi connectivity index (χ0n) is 12.2. The normalized spacial score (nSPS) is 12.6. The molecule has 0 saturated heterocycles. The third kappa shape index (κ3) is 3.92. The summed E-state index contributed by atoms with van der Waals surface area (Å²) in [6, 6.07) is 8.40. The number of aryl methyl sites for hydroxylation is 1. The predicted molar refractivity (Wildman–Crippen MR) is 80.3 cm³/mol. The Bertz CT molecular complexity index is 536. The van der Waals surface area contributed by atoms with E-state index in [2.05, 4.69) is 34.8 Å². The van der Waals surface area contributed by atoms with Crippen LogP contribution in [0.3, 0.4) is 0 Å². The van der Waals surface area contributed by atoms with Crippen LogP contribution in [-0.2, 0) is 26.1 Å². The van der Waals surface area contributed by atoms with Gasteiger partial charge in [-0.15, -0.1) is 0 Å². The van der Waals surface area contributed by atoms with Gasteiger partial charge in [-0.25, -0.2) is 4.98 Å². The van der Waals surface area contributed by atoms with Crippen molar-refractivity contribution in [3.8, 4) is 0 Å². The Labute approximate surface area is 120 Å². The highest BCUT2D eigenvalue weighted by Crippen LogP contribution is 2.06. The lowest BCUT2D eigenvalue weighted by molar-refractivity contribution is 0.281. The third-order valence-electron chi connectivity index (χ3n) is 3.42. The molecule has 0 saturated carbocycles. The van der Waals surface area contributed by atoms with Gasteiger partial charge in [0.1, 0.15) is 5.82 Å². The summed E-state index contributed by atoms with van der Waals surface area (Å²) in [5.41, 5.74) is 2.16. The van der Waals surface area contributed by atoms with Crippen LogP contribution < -0.4 is 5.32 Å². The highest BCUT2D eigenvalue weighted by Gasteiger charge is 2.06. The summed E-state index contributed by atoms with van der Waals surface area (Å²) < 4.78 is 2.20. The molecule has 2 rings (SSSR count). The average Bonchev–Trinajstić information content (AvgIpc) is 2.92. The average molecular weight is 273 g/mol. The molecule has 0 aliphatic heterocycles. The highest BCUT2D eigenvalue weighted by molar-refractivity contribution is 5.22. The smallest absolute Gasteiger partial charge is 0.108 e. The van der Waals surface area contributed by atoms with E-state index in [0.717, 1.165) is 30.9 Å². The predicted octanol–water partition coefficient (Wildman–Crippen LogP) is 2.12. The van der Waals surface area contributed by atoms with Crippen LogP contribution in [0.1, 0.15) is 30.8 Å². The first-order valence-electron chi connectivity index (χ1n) is 7.15. The van der Waals surface area contributed by atoms with Crippen LogP contribution in [0, 0.1) is 0 Å². The van der Waals surface area contributed by atoms with E-state index >= 15 is 0 Å². The third-order valence-corrected chi connectivity index (χ3v) is 3.42. The summed E-state index contributed by atoms with van der Waals surface area (Å²) in [5, 5.41) is 12.6. The number of nitrogens with one attached hydrogen (secondary N) is 1. The topological polar surface area (TPSA) is 50.1 Å². The molecule has 1 heterocycles. The molecular weight excluding hydrogens is 250 g/mol.